The molecule has 0 aliphatic carbocycles. The number of aromatic nitrogens is 2. The number of sulfonamides is 2. The highest BCUT2D eigenvalue weighted by molar-refractivity contribution is 7.90. The summed E-state index contributed by atoms with van der Waals surface area (Å²) in [7, 11) is -8.69. The zero-order valence-corrected chi connectivity index (χ0v) is 23.3. The molecule has 220 valence electrons. The molecule has 4 aromatic rings. The fraction of sp³-hybridized carbons (Fsp3) is 0.185. The van der Waals surface area contributed by atoms with Gasteiger partial charge in [-0.15, -0.1) is 0 Å². The van der Waals surface area contributed by atoms with Crippen molar-refractivity contribution >= 4 is 37.0 Å². The molecule has 0 radical (unpaired) electrons. The van der Waals surface area contributed by atoms with Crippen LogP contribution in [0.5, 0.6) is 0 Å². The van der Waals surface area contributed by atoms with E-state index < -0.39 is 59.4 Å². The number of carbonyl (C=O) groups excluding carboxylic acids is 1. The van der Waals surface area contributed by atoms with Gasteiger partial charge < -0.3 is 4.98 Å². The lowest BCUT2D eigenvalue weighted by atomic mass is 9.97. The predicted octanol–water partition coefficient (Wildman–Crippen LogP) is 3.48. The van der Waals surface area contributed by atoms with Gasteiger partial charge in [0.1, 0.15) is 11.1 Å². The summed E-state index contributed by atoms with van der Waals surface area (Å²) in [6, 6.07) is 15.1. The third-order valence-electron chi connectivity index (χ3n) is 6.79. The number of hydrogen-bond acceptors (Lipinski definition) is 8. The van der Waals surface area contributed by atoms with Gasteiger partial charge in [-0.3, -0.25) is 9.52 Å². The van der Waals surface area contributed by atoms with Crippen LogP contribution in [-0.2, 0) is 37.4 Å². The fourth-order valence-electron chi connectivity index (χ4n) is 4.78. The second-order valence-electron chi connectivity index (χ2n) is 9.63. The van der Waals surface area contributed by atoms with Crippen LogP contribution in [0.1, 0.15) is 51.4 Å². The molecule has 1 saturated heterocycles. The number of aromatic amines is 1. The summed E-state index contributed by atoms with van der Waals surface area (Å²) in [5.41, 5.74) is -0.739. The Bertz CT molecular complexity index is 2050. The van der Waals surface area contributed by atoms with E-state index in [2.05, 4.69) is 14.7 Å². The lowest BCUT2D eigenvalue weighted by molar-refractivity contribution is -0.138. The number of carbonyl (C=O) groups is 1. The number of alkyl halides is 3. The first-order valence-electron chi connectivity index (χ1n) is 12.4. The Morgan fingerprint density at radius 1 is 1.05 bits per heavy atom. The highest BCUT2D eigenvalue weighted by Gasteiger charge is 2.39. The van der Waals surface area contributed by atoms with E-state index in [0.29, 0.717) is 22.7 Å². The first-order valence-corrected chi connectivity index (χ1v) is 15.4. The molecule has 43 heavy (non-hydrogen) atoms. The molecule has 1 amide bonds. The zero-order chi connectivity index (χ0) is 31.2. The molecule has 5 rings (SSSR count). The van der Waals surface area contributed by atoms with Crippen molar-refractivity contribution in [3.63, 3.8) is 0 Å². The number of nitriles is 2. The molecule has 2 heterocycles. The largest absolute Gasteiger partial charge is 0.417 e. The smallest absolute Gasteiger partial charge is 0.341 e. The van der Waals surface area contributed by atoms with Crippen LogP contribution in [0.3, 0.4) is 0 Å². The van der Waals surface area contributed by atoms with Crippen molar-refractivity contribution in [2.75, 3.05) is 0 Å². The van der Waals surface area contributed by atoms with Crippen LogP contribution in [0, 0.1) is 22.7 Å². The second kappa shape index (κ2) is 10.8. The number of amides is 1. The number of imidazole rings is 1. The molecule has 11 nitrogen and oxygen atoms in total. The Hall–Kier alpha value is -4.77. The molecule has 1 aromatic heterocycles. The first-order chi connectivity index (χ1) is 20.2. The summed E-state index contributed by atoms with van der Waals surface area (Å²) in [6.45, 7) is 0. The molecule has 1 aliphatic heterocycles. The van der Waals surface area contributed by atoms with E-state index in [0.717, 1.165) is 12.1 Å². The minimum absolute atomic E-state index is 0.0595. The molecular formula is C27H19F3N6O5S2. The first kappa shape index (κ1) is 29.7. The molecule has 3 N–H and O–H groups in total. The van der Waals surface area contributed by atoms with Gasteiger partial charge in [0.2, 0.25) is 26.0 Å². The van der Waals surface area contributed by atoms with Crippen molar-refractivity contribution in [1.82, 2.24) is 19.4 Å². The van der Waals surface area contributed by atoms with E-state index in [1.165, 1.54) is 24.3 Å². The van der Waals surface area contributed by atoms with E-state index in [1.807, 2.05) is 10.8 Å². The van der Waals surface area contributed by atoms with Crippen LogP contribution in [0.15, 0.2) is 65.6 Å². The third-order valence-corrected chi connectivity index (χ3v) is 9.94. The number of fused-ring (bicyclic) bond motifs is 1. The number of nitrogens with zero attached hydrogens (tertiary/aromatic N) is 3. The molecule has 3 aromatic carbocycles. The molecule has 1 aliphatic rings. The maximum atomic E-state index is 13.6. The number of hydrogen-bond donors (Lipinski definition) is 3. The van der Waals surface area contributed by atoms with Crippen LogP contribution in [0.4, 0.5) is 13.2 Å². The maximum absolute atomic E-state index is 13.6. The fourth-order valence-corrected chi connectivity index (χ4v) is 7.46. The quantitative estimate of drug-likeness (QED) is 0.278. The molecule has 0 spiro atoms. The average Bonchev–Trinajstić information content (AvgIpc) is 3.50. The standard InChI is InChI=1S/C27H19F3N6O5S2/c28-27(29,30)20-11-18(7-6-16(20)13-31)42(38,39)35-23(26-33-21-3-1-2-4-22(21)34-26)10-15-5-8-19(17(9-15)14-32)24-12-25(37)36-43(24,40)41/h1-9,11,23-24,35H,10,12H2,(H,33,34)(H,36,37)/t23-,24?/m0/s1. The van der Waals surface area contributed by atoms with Crippen LogP contribution < -0.4 is 9.44 Å². The topological polar surface area (TPSA) is 186 Å². The minimum Gasteiger partial charge on any atom is -0.341 e. The molecule has 1 fully saturated rings. The van der Waals surface area contributed by atoms with Gasteiger partial charge in [0.15, 0.2) is 0 Å². The molecular weight excluding hydrogens is 609 g/mol. The zero-order valence-electron chi connectivity index (χ0n) is 21.7. The Kier molecular flexibility index (Phi) is 7.47. The summed E-state index contributed by atoms with van der Waals surface area (Å²) >= 11 is 0. The Balaban J connectivity index is 1.54. The van der Waals surface area contributed by atoms with Gasteiger partial charge in [-0.05, 0) is 53.9 Å². The lowest BCUT2D eigenvalue weighted by Gasteiger charge is -2.19. The maximum Gasteiger partial charge on any atom is 0.417 e. The second-order valence-corrected chi connectivity index (χ2v) is 13.2. The third kappa shape index (κ3) is 5.94. The van der Waals surface area contributed by atoms with E-state index in [1.54, 1.807) is 24.3 Å². The van der Waals surface area contributed by atoms with Crippen molar-refractivity contribution in [3.05, 3.63) is 94.3 Å². The van der Waals surface area contributed by atoms with Gasteiger partial charge in [-0.25, -0.2) is 26.5 Å². The Labute approximate surface area is 243 Å². The monoisotopic (exact) mass is 628 g/mol. The summed E-state index contributed by atoms with van der Waals surface area (Å²) in [5.74, 6) is -0.598. The van der Waals surface area contributed by atoms with Crippen LogP contribution >= 0.6 is 0 Å². The van der Waals surface area contributed by atoms with Gasteiger partial charge in [-0.1, -0.05) is 24.3 Å². The Morgan fingerprint density at radius 3 is 2.40 bits per heavy atom. The van der Waals surface area contributed by atoms with Crippen molar-refractivity contribution < 1.29 is 34.8 Å². The van der Waals surface area contributed by atoms with Crippen molar-refractivity contribution in [1.29, 1.82) is 10.5 Å². The number of rotatable bonds is 7. The summed E-state index contributed by atoms with van der Waals surface area (Å²) in [5, 5.41) is 17.5. The number of para-hydroxylation sites is 2. The van der Waals surface area contributed by atoms with Gasteiger partial charge in [0.05, 0.1) is 57.2 Å². The van der Waals surface area contributed by atoms with E-state index in [9.17, 15) is 40.1 Å². The number of halogens is 3. The molecule has 0 bridgehead atoms. The van der Waals surface area contributed by atoms with E-state index in [-0.39, 0.29) is 29.8 Å². The predicted molar refractivity (Wildman–Crippen MR) is 145 cm³/mol. The van der Waals surface area contributed by atoms with Crippen LogP contribution in [0.25, 0.3) is 11.0 Å². The van der Waals surface area contributed by atoms with Crippen molar-refractivity contribution in [2.24, 2.45) is 0 Å². The molecule has 16 heteroatoms. The SMILES string of the molecule is N#Cc1cc(C[C@H](NS(=O)(=O)c2ccc(C#N)c(C(F)(F)F)c2)c2nc3ccccc3[nH]2)ccc1C1CC(=O)NS1(=O)=O. The highest BCUT2D eigenvalue weighted by Crippen LogP contribution is 2.35. The van der Waals surface area contributed by atoms with Gasteiger partial charge in [0, 0.05) is 0 Å². The minimum atomic E-state index is -4.99. The number of H-pyrrole nitrogens is 1. The average molecular weight is 629 g/mol. The lowest BCUT2D eigenvalue weighted by Crippen LogP contribution is -2.31. The molecule has 0 saturated carbocycles. The van der Waals surface area contributed by atoms with Crippen molar-refractivity contribution in [2.45, 2.75) is 35.2 Å². The molecule has 1 unspecified atom stereocenters. The van der Waals surface area contributed by atoms with Crippen LogP contribution in [0.2, 0.25) is 0 Å². The van der Waals surface area contributed by atoms with Crippen LogP contribution in [-0.4, -0.2) is 32.7 Å². The number of benzene rings is 3. The summed E-state index contributed by atoms with van der Waals surface area (Å²) in [4.78, 5) is 18.4. The number of nitrogens with one attached hydrogen (secondary N) is 3. The van der Waals surface area contributed by atoms with Gasteiger partial charge in [-0.2, -0.15) is 23.7 Å². The highest BCUT2D eigenvalue weighted by atomic mass is 32.2. The van der Waals surface area contributed by atoms with Crippen molar-refractivity contribution in [3.8, 4) is 12.1 Å². The van der Waals surface area contributed by atoms with Gasteiger partial charge in [0.25, 0.3) is 0 Å². The van der Waals surface area contributed by atoms with Gasteiger partial charge >= 0.3 is 6.18 Å². The normalized spacial score (nSPS) is 17.2. The Morgan fingerprint density at radius 2 is 1.77 bits per heavy atom. The molecule has 2 atom stereocenters. The summed E-state index contributed by atoms with van der Waals surface area (Å²) < 4.78 is 96.4. The summed E-state index contributed by atoms with van der Waals surface area (Å²) in [6.07, 6.45) is -5.52. The van der Waals surface area contributed by atoms with E-state index >= 15 is 0 Å². The van der Waals surface area contributed by atoms with E-state index in [4.69, 9.17) is 5.26 Å².